The Kier molecular flexibility index (Phi) is 5.99. The number of nitrogens with zero attached hydrogens (tertiary/aromatic N) is 1. The summed E-state index contributed by atoms with van der Waals surface area (Å²) in [5, 5.41) is 3.91. The van der Waals surface area contributed by atoms with Crippen LogP contribution >= 0.6 is 0 Å². The van der Waals surface area contributed by atoms with E-state index in [1.165, 1.54) is 90.4 Å². The molecule has 0 spiro atoms. The van der Waals surface area contributed by atoms with Crippen LogP contribution < -0.4 is 5.32 Å². The van der Waals surface area contributed by atoms with Crippen LogP contribution in [-0.2, 0) is 0 Å². The van der Waals surface area contributed by atoms with Gasteiger partial charge in [-0.3, -0.25) is 0 Å². The van der Waals surface area contributed by atoms with E-state index in [1.54, 1.807) is 0 Å². The number of rotatable bonds is 6. The van der Waals surface area contributed by atoms with Crippen LogP contribution in [-0.4, -0.2) is 37.1 Å². The largest absolute Gasteiger partial charge is 0.312 e. The molecule has 0 bridgehead atoms. The zero-order chi connectivity index (χ0) is 14.5. The van der Waals surface area contributed by atoms with Crippen molar-refractivity contribution in [3.8, 4) is 0 Å². The molecule has 1 saturated heterocycles. The third-order valence-electron chi connectivity index (χ3n) is 6.35. The first-order valence-electron chi connectivity index (χ1n) is 9.79. The molecule has 1 aliphatic heterocycles. The predicted molar refractivity (Wildman–Crippen MR) is 90.5 cm³/mol. The van der Waals surface area contributed by atoms with Gasteiger partial charge in [-0.15, -0.1) is 0 Å². The zero-order valence-electron chi connectivity index (χ0n) is 14.2. The Morgan fingerprint density at radius 3 is 2.29 bits per heavy atom. The first-order valence-corrected chi connectivity index (χ1v) is 9.79. The molecular formula is C19H36N2. The molecule has 21 heavy (non-hydrogen) atoms. The smallest absolute Gasteiger partial charge is 0.0198 e. The average molecular weight is 293 g/mol. The second-order valence-corrected chi connectivity index (χ2v) is 8.13. The van der Waals surface area contributed by atoms with Crippen LogP contribution in [0, 0.1) is 17.8 Å². The molecule has 0 radical (unpaired) electrons. The van der Waals surface area contributed by atoms with Gasteiger partial charge in [-0.1, -0.05) is 39.0 Å². The van der Waals surface area contributed by atoms with Gasteiger partial charge in [-0.2, -0.15) is 0 Å². The lowest BCUT2D eigenvalue weighted by molar-refractivity contribution is 0.107. The van der Waals surface area contributed by atoms with E-state index in [0.29, 0.717) is 0 Å². The first-order chi connectivity index (χ1) is 10.3. The van der Waals surface area contributed by atoms with E-state index in [1.807, 2.05) is 0 Å². The third kappa shape index (κ3) is 4.69. The van der Waals surface area contributed by atoms with Crippen LogP contribution in [0.2, 0.25) is 0 Å². The molecule has 3 rings (SSSR count). The van der Waals surface area contributed by atoms with Crippen LogP contribution in [0.1, 0.15) is 71.1 Å². The van der Waals surface area contributed by atoms with Crippen molar-refractivity contribution < 1.29 is 0 Å². The Labute approximate surface area is 132 Å². The number of nitrogens with one attached hydrogen (secondary N) is 1. The van der Waals surface area contributed by atoms with E-state index in [2.05, 4.69) is 17.1 Å². The SMILES string of the molecule is CCC1CC(NCC2CCC2)CN(CC2CCCCC2)C1. The number of hydrogen-bond acceptors (Lipinski definition) is 2. The number of hydrogen-bond donors (Lipinski definition) is 1. The number of piperidine rings is 1. The first kappa shape index (κ1) is 15.8. The fourth-order valence-corrected chi connectivity index (χ4v) is 4.66. The molecule has 2 nitrogen and oxygen atoms in total. The Balaban J connectivity index is 1.45. The summed E-state index contributed by atoms with van der Waals surface area (Å²) in [6.45, 7) is 7.75. The van der Waals surface area contributed by atoms with Crippen molar-refractivity contribution in [2.75, 3.05) is 26.2 Å². The summed E-state index contributed by atoms with van der Waals surface area (Å²) in [4.78, 5) is 2.81. The summed E-state index contributed by atoms with van der Waals surface area (Å²) in [5.74, 6) is 2.93. The predicted octanol–water partition coefficient (Wildman–Crippen LogP) is 4.06. The molecule has 1 N–H and O–H groups in total. The second kappa shape index (κ2) is 7.97. The van der Waals surface area contributed by atoms with Gasteiger partial charge in [0.05, 0.1) is 0 Å². The average Bonchev–Trinajstić information content (AvgIpc) is 2.46. The Morgan fingerprint density at radius 2 is 1.62 bits per heavy atom. The van der Waals surface area contributed by atoms with Crippen LogP contribution in [0.3, 0.4) is 0 Å². The Bertz CT molecular complexity index is 294. The minimum Gasteiger partial charge on any atom is -0.312 e. The van der Waals surface area contributed by atoms with Gasteiger partial charge in [0.1, 0.15) is 0 Å². The third-order valence-corrected chi connectivity index (χ3v) is 6.35. The van der Waals surface area contributed by atoms with E-state index in [4.69, 9.17) is 0 Å². The monoisotopic (exact) mass is 292 g/mol. The maximum absolute atomic E-state index is 3.91. The van der Waals surface area contributed by atoms with Gasteiger partial charge in [0.25, 0.3) is 0 Å². The van der Waals surface area contributed by atoms with Gasteiger partial charge in [-0.05, 0) is 56.4 Å². The van der Waals surface area contributed by atoms with Crippen LogP contribution in [0.25, 0.3) is 0 Å². The van der Waals surface area contributed by atoms with Gasteiger partial charge < -0.3 is 10.2 Å². The molecule has 2 heteroatoms. The van der Waals surface area contributed by atoms with Crippen molar-refractivity contribution in [1.29, 1.82) is 0 Å². The molecule has 0 aromatic heterocycles. The van der Waals surface area contributed by atoms with Gasteiger partial charge >= 0.3 is 0 Å². The van der Waals surface area contributed by atoms with Crippen molar-refractivity contribution in [2.24, 2.45) is 17.8 Å². The fourth-order valence-electron chi connectivity index (χ4n) is 4.66. The maximum atomic E-state index is 3.91. The molecule has 1 heterocycles. The normalized spacial score (nSPS) is 33.0. The van der Waals surface area contributed by atoms with Crippen LogP contribution in [0.4, 0.5) is 0 Å². The van der Waals surface area contributed by atoms with Crippen molar-refractivity contribution in [1.82, 2.24) is 10.2 Å². The van der Waals surface area contributed by atoms with Crippen molar-refractivity contribution in [2.45, 2.75) is 77.2 Å². The van der Waals surface area contributed by atoms with Crippen molar-refractivity contribution in [3.05, 3.63) is 0 Å². The van der Waals surface area contributed by atoms with E-state index < -0.39 is 0 Å². The molecular weight excluding hydrogens is 256 g/mol. The summed E-state index contributed by atoms with van der Waals surface area (Å²) >= 11 is 0. The van der Waals surface area contributed by atoms with Gasteiger partial charge in [-0.25, -0.2) is 0 Å². The standard InChI is InChI=1S/C19H36N2/c1-2-16-11-19(20-12-17-9-6-10-17)15-21(13-16)14-18-7-4-3-5-8-18/h16-20H,2-15H2,1H3. The lowest BCUT2D eigenvalue weighted by atomic mass is 9.84. The minimum absolute atomic E-state index is 0.771. The summed E-state index contributed by atoms with van der Waals surface area (Å²) in [5.41, 5.74) is 0. The highest BCUT2D eigenvalue weighted by atomic mass is 15.2. The molecule has 2 saturated carbocycles. The van der Waals surface area contributed by atoms with Gasteiger partial charge in [0, 0.05) is 25.7 Å². The van der Waals surface area contributed by atoms with E-state index in [-0.39, 0.29) is 0 Å². The molecule has 2 unspecified atom stereocenters. The Morgan fingerprint density at radius 1 is 0.857 bits per heavy atom. The quantitative estimate of drug-likeness (QED) is 0.794. The number of likely N-dealkylation sites (tertiary alicyclic amines) is 1. The zero-order valence-corrected chi connectivity index (χ0v) is 14.2. The fraction of sp³-hybridized carbons (Fsp3) is 1.00. The summed E-state index contributed by atoms with van der Waals surface area (Å²) in [7, 11) is 0. The van der Waals surface area contributed by atoms with E-state index in [9.17, 15) is 0 Å². The summed E-state index contributed by atoms with van der Waals surface area (Å²) in [6.07, 6.45) is 14.7. The van der Waals surface area contributed by atoms with Crippen LogP contribution in [0.15, 0.2) is 0 Å². The molecule has 122 valence electrons. The highest BCUT2D eigenvalue weighted by molar-refractivity contribution is 4.86. The van der Waals surface area contributed by atoms with Gasteiger partial charge in [0.15, 0.2) is 0 Å². The topological polar surface area (TPSA) is 15.3 Å². The van der Waals surface area contributed by atoms with E-state index >= 15 is 0 Å². The van der Waals surface area contributed by atoms with E-state index in [0.717, 1.165) is 23.8 Å². The molecule has 3 fully saturated rings. The highest BCUT2D eigenvalue weighted by Crippen LogP contribution is 2.28. The second-order valence-electron chi connectivity index (χ2n) is 8.13. The highest BCUT2D eigenvalue weighted by Gasteiger charge is 2.29. The van der Waals surface area contributed by atoms with Gasteiger partial charge in [0.2, 0.25) is 0 Å². The molecule has 2 aliphatic carbocycles. The lowest BCUT2D eigenvalue weighted by Gasteiger charge is -2.41. The molecule has 3 aliphatic rings. The van der Waals surface area contributed by atoms with Crippen molar-refractivity contribution in [3.63, 3.8) is 0 Å². The molecule has 2 atom stereocenters. The maximum Gasteiger partial charge on any atom is 0.0198 e. The van der Waals surface area contributed by atoms with Crippen molar-refractivity contribution >= 4 is 0 Å². The molecule has 0 aromatic rings. The molecule has 0 amide bonds. The Hall–Kier alpha value is -0.0800. The summed E-state index contributed by atoms with van der Waals surface area (Å²) in [6, 6.07) is 0.771. The molecule has 0 aromatic carbocycles. The summed E-state index contributed by atoms with van der Waals surface area (Å²) < 4.78 is 0. The van der Waals surface area contributed by atoms with Crippen LogP contribution in [0.5, 0.6) is 0 Å². The minimum atomic E-state index is 0.771. The lowest BCUT2D eigenvalue weighted by Crippen LogP contribution is -2.51.